The van der Waals surface area contributed by atoms with E-state index in [0.717, 1.165) is 0 Å². The highest BCUT2D eigenvalue weighted by atomic mass is 31.2. The highest BCUT2D eigenvalue weighted by Gasteiger charge is 2.44. The number of nitrogens with zero attached hydrogens (tertiary/aromatic N) is 2. The summed E-state index contributed by atoms with van der Waals surface area (Å²) in [5.74, 6) is 0. The van der Waals surface area contributed by atoms with Crippen LogP contribution in [0, 0.1) is 11.8 Å². The first kappa shape index (κ1) is 27.9. The van der Waals surface area contributed by atoms with Crippen LogP contribution in [-0.4, -0.2) is 0 Å². The van der Waals surface area contributed by atoms with E-state index in [1.165, 1.54) is 31.8 Å². The first-order chi connectivity index (χ1) is 20.3. The molecule has 0 atom stereocenters. The molecule has 0 aliphatic rings. The van der Waals surface area contributed by atoms with Crippen LogP contribution < -0.4 is 36.0 Å². The molecule has 6 rings (SSSR count). The van der Waals surface area contributed by atoms with Gasteiger partial charge in [0.25, 0.3) is 0 Å². The topological polar surface area (TPSA) is 37.9 Å². The third-order valence-corrected chi connectivity index (χ3v) is 15.5. The molecule has 4 heteroatoms. The Morgan fingerprint density at radius 1 is 0.293 bits per heavy atom. The molecule has 0 fully saturated rings. The second-order valence-electron chi connectivity index (χ2n) is 9.37. The molecule has 0 amide bonds. The fourth-order valence-electron chi connectivity index (χ4n) is 5.27. The van der Waals surface area contributed by atoms with E-state index in [0.29, 0.717) is 0 Å². The maximum absolute atomic E-state index is 6.38. The second kappa shape index (κ2) is 13.2. The molecule has 0 aromatic heterocycles. The van der Waals surface area contributed by atoms with Crippen LogP contribution in [0.5, 0.6) is 0 Å². The van der Waals surface area contributed by atoms with Crippen molar-refractivity contribution in [1.29, 1.82) is 5.26 Å². The van der Waals surface area contributed by atoms with Gasteiger partial charge < -0.3 is 11.8 Å². The molecule has 0 saturated carbocycles. The zero-order valence-electron chi connectivity index (χ0n) is 22.6. The summed E-state index contributed by atoms with van der Waals surface area (Å²) in [6.07, 6.45) is 0. The van der Waals surface area contributed by atoms with Gasteiger partial charge >= 0.3 is 14.1 Å². The van der Waals surface area contributed by atoms with Gasteiger partial charge in [-0.2, -0.15) is 0 Å². The summed E-state index contributed by atoms with van der Waals surface area (Å²) < 4.78 is 6.38. The van der Waals surface area contributed by atoms with Crippen molar-refractivity contribution in [1.82, 2.24) is 4.17 Å². The molecule has 6 aromatic carbocycles. The summed E-state index contributed by atoms with van der Waals surface area (Å²) in [6.45, 7) is 4.75. The molecule has 6 aromatic rings. The van der Waals surface area contributed by atoms with Gasteiger partial charge in [-0.3, -0.25) is 0 Å². The normalized spacial score (nSPS) is 11.0. The number of rotatable bonds is 6. The highest BCUT2D eigenvalue weighted by molar-refractivity contribution is 7.93. The standard InChI is InChI=1S/C36H30NP2.CN/c1-7-19-31(20-8-1)38(32-21-9-2-10-22-32,33-23-11-3-12-24-33)37-39(34-25-13-4-14-26-34,35-27-15-5-16-28-35)36-29-17-6-18-30-36;1-2/h1-30H;/q+1;-1. The third kappa shape index (κ3) is 5.41. The average Bonchev–Trinajstić information content (AvgIpc) is 3.09. The van der Waals surface area contributed by atoms with Crippen molar-refractivity contribution in [2.24, 2.45) is 0 Å². The van der Waals surface area contributed by atoms with Crippen LogP contribution in [0.3, 0.4) is 0 Å². The molecule has 0 bridgehead atoms. The fraction of sp³-hybridized carbons (Fsp3) is 0. The summed E-state index contributed by atoms with van der Waals surface area (Å²) in [7, 11) is -4.99. The van der Waals surface area contributed by atoms with Gasteiger partial charge in [0.2, 0.25) is 0 Å². The number of hydrogen-bond donors (Lipinski definition) is 0. The van der Waals surface area contributed by atoms with Gasteiger partial charge in [-0.15, -0.1) is 4.17 Å². The number of benzene rings is 6. The van der Waals surface area contributed by atoms with Crippen LogP contribution in [-0.2, 0) is 0 Å². The molecular formula is C37H30N2P2. The first-order valence-electron chi connectivity index (χ1n) is 13.4. The van der Waals surface area contributed by atoms with Crippen LogP contribution in [0.1, 0.15) is 0 Å². The maximum atomic E-state index is 6.38. The van der Waals surface area contributed by atoms with E-state index < -0.39 is 14.1 Å². The lowest BCUT2D eigenvalue weighted by Crippen LogP contribution is -2.31. The predicted octanol–water partition coefficient (Wildman–Crippen LogP) is 6.51. The van der Waals surface area contributed by atoms with Crippen molar-refractivity contribution in [3.05, 3.63) is 189 Å². The largest absolute Gasteiger partial charge is 0.512 e. The quantitative estimate of drug-likeness (QED) is 0.129. The van der Waals surface area contributed by atoms with Gasteiger partial charge in [0.15, 0.2) is 0 Å². The molecule has 0 aliphatic heterocycles. The Morgan fingerprint density at radius 3 is 0.585 bits per heavy atom. The zero-order valence-corrected chi connectivity index (χ0v) is 24.4. The Hall–Kier alpha value is -4.62. The Kier molecular flexibility index (Phi) is 8.96. The summed E-state index contributed by atoms with van der Waals surface area (Å²) in [6, 6.07) is 65.7. The van der Waals surface area contributed by atoms with Crippen molar-refractivity contribution in [2.45, 2.75) is 0 Å². The molecule has 2 nitrogen and oxygen atoms in total. The van der Waals surface area contributed by atoms with Crippen LogP contribution in [0.2, 0.25) is 0 Å². The van der Waals surface area contributed by atoms with E-state index in [4.69, 9.17) is 16.0 Å². The van der Waals surface area contributed by atoms with Gasteiger partial charge in [-0.25, -0.2) is 0 Å². The predicted molar refractivity (Wildman–Crippen MR) is 177 cm³/mol. The molecule has 0 heterocycles. The lowest BCUT2D eigenvalue weighted by atomic mass is 10.4. The van der Waals surface area contributed by atoms with Crippen molar-refractivity contribution in [2.75, 3.05) is 0 Å². The van der Waals surface area contributed by atoms with E-state index in [1.807, 2.05) is 0 Å². The summed E-state index contributed by atoms with van der Waals surface area (Å²) in [4.78, 5) is 0. The minimum atomic E-state index is -2.50. The molecule has 0 radical (unpaired) electrons. The second-order valence-corrected chi connectivity index (χ2v) is 15.7. The summed E-state index contributed by atoms with van der Waals surface area (Å²) in [5, 5.41) is 13.8. The van der Waals surface area contributed by atoms with E-state index in [-0.39, 0.29) is 0 Å². The van der Waals surface area contributed by atoms with Crippen molar-refractivity contribution in [3.63, 3.8) is 0 Å². The fourth-order valence-corrected chi connectivity index (χ4v) is 14.8. The van der Waals surface area contributed by atoms with Crippen LogP contribution in [0.25, 0.3) is 0 Å². The minimum absolute atomic E-state index is 1.26. The van der Waals surface area contributed by atoms with E-state index >= 15 is 0 Å². The molecular weight excluding hydrogens is 534 g/mol. The monoisotopic (exact) mass is 564 g/mol. The van der Waals surface area contributed by atoms with E-state index in [2.05, 4.69) is 182 Å². The smallest absolute Gasteiger partial charge is 0.301 e. The SMILES string of the molecule is [C-]#N.c1ccc(P(=[N+]=P(c2ccccc2)(c2ccccc2)c2ccccc2)(c2ccccc2)c2ccccc2)cc1. The summed E-state index contributed by atoms with van der Waals surface area (Å²) >= 11 is 0. The molecule has 0 N–H and O–H groups in total. The minimum Gasteiger partial charge on any atom is -0.512 e. The van der Waals surface area contributed by atoms with Crippen molar-refractivity contribution < 1.29 is 0 Å². The Morgan fingerprint density at radius 2 is 0.439 bits per heavy atom. The van der Waals surface area contributed by atoms with Gasteiger partial charge in [0.05, 0.1) is 31.8 Å². The first-order valence-corrected chi connectivity index (χ1v) is 16.9. The zero-order chi connectivity index (χ0) is 28.4. The molecule has 0 saturated heterocycles. The Bertz CT molecular complexity index is 1470. The van der Waals surface area contributed by atoms with Gasteiger partial charge in [0, 0.05) is 0 Å². The molecule has 198 valence electrons. The van der Waals surface area contributed by atoms with Crippen LogP contribution in [0.4, 0.5) is 0 Å². The van der Waals surface area contributed by atoms with E-state index in [1.54, 1.807) is 0 Å². The van der Waals surface area contributed by atoms with Gasteiger partial charge in [0.1, 0.15) is 0 Å². The maximum Gasteiger partial charge on any atom is 0.301 e. The molecule has 0 spiro atoms. The van der Waals surface area contributed by atoms with Crippen molar-refractivity contribution in [3.8, 4) is 0 Å². The average molecular weight is 565 g/mol. The highest BCUT2D eigenvalue weighted by Crippen LogP contribution is 2.50. The Balaban J connectivity index is 0.00000165. The third-order valence-electron chi connectivity index (χ3n) is 7.05. The van der Waals surface area contributed by atoms with Crippen LogP contribution >= 0.6 is 14.1 Å². The van der Waals surface area contributed by atoms with Crippen molar-refractivity contribution >= 4 is 45.9 Å². The molecule has 41 heavy (non-hydrogen) atoms. The lowest BCUT2D eigenvalue weighted by molar-refractivity contribution is 1.53. The van der Waals surface area contributed by atoms with E-state index in [9.17, 15) is 0 Å². The molecule has 0 unspecified atom stereocenters. The van der Waals surface area contributed by atoms with Gasteiger partial charge in [-0.1, -0.05) is 109 Å². The molecule has 0 aliphatic carbocycles. The number of hydrogen-bond acceptors (Lipinski definition) is 1. The van der Waals surface area contributed by atoms with Gasteiger partial charge in [-0.05, 0) is 72.8 Å². The Labute approximate surface area is 243 Å². The van der Waals surface area contributed by atoms with Crippen LogP contribution in [0.15, 0.2) is 182 Å². The lowest BCUT2D eigenvalue weighted by Gasteiger charge is -2.20. The summed E-state index contributed by atoms with van der Waals surface area (Å²) in [5.41, 5.74) is 0.